The predicted octanol–water partition coefficient (Wildman–Crippen LogP) is 33.7. The molecule has 0 fully saturated rings. The molecule has 6 heterocycles. The molecule has 25 aromatic rings. The Labute approximate surface area is 758 Å². The molecule has 0 atom stereocenters. The van der Waals surface area contributed by atoms with Gasteiger partial charge < -0.3 is 0 Å². The van der Waals surface area contributed by atoms with Gasteiger partial charge in [0, 0.05) is 110 Å². The van der Waals surface area contributed by atoms with Gasteiger partial charge in [0.15, 0.2) is 17.5 Å². The fourth-order valence-electron chi connectivity index (χ4n) is 17.9. The third-order valence-electron chi connectivity index (χ3n) is 24.3. The molecule has 0 N–H and O–H groups in total. The Kier molecular flexibility index (Phi) is 20.5. The average Bonchev–Trinajstić information content (AvgIpc) is 1.63. The number of hydrogen-bond donors (Lipinski definition) is 0. The fraction of sp³-hybridized carbons (Fsp3) is 0. The van der Waals surface area contributed by atoms with Gasteiger partial charge in [-0.05, 0) is 169 Å². The number of nitrogens with zero attached hydrogens (tertiary/aromatic N) is 6. The van der Waals surface area contributed by atoms with Crippen molar-refractivity contribution in [2.45, 2.75) is 0 Å². The Bertz CT molecular complexity index is 8440. The lowest BCUT2D eigenvalue weighted by molar-refractivity contribution is 1.23. The van der Waals surface area contributed by atoms with Crippen LogP contribution in [0.4, 0.5) is 0 Å². The normalized spacial score (nSPS) is 11.4. The van der Waals surface area contributed by atoms with E-state index in [0.29, 0.717) is 0 Å². The minimum Gasteiger partial charge on any atom is -0.227 e. The zero-order valence-electron chi connectivity index (χ0n) is 69.8. The van der Waals surface area contributed by atoms with E-state index in [1.54, 1.807) is 0 Å². The zero-order valence-corrected chi connectivity index (χ0v) is 72.2. The molecule has 0 amide bonds. The van der Waals surface area contributed by atoms with Crippen molar-refractivity contribution >= 4 is 127 Å². The lowest BCUT2D eigenvalue weighted by Gasteiger charge is -2.13. The van der Waals surface area contributed by atoms with Crippen LogP contribution in [-0.2, 0) is 0 Å². The zero-order chi connectivity index (χ0) is 85.5. The van der Waals surface area contributed by atoms with Crippen LogP contribution in [0.1, 0.15) is 0 Å². The Hall–Kier alpha value is -16.1. The van der Waals surface area contributed by atoms with Gasteiger partial charge in [0.05, 0.1) is 33.6 Å². The van der Waals surface area contributed by atoms with E-state index in [0.717, 1.165) is 112 Å². The first-order valence-electron chi connectivity index (χ1n) is 43.3. The molecule has 0 saturated carbocycles. The van der Waals surface area contributed by atoms with Crippen LogP contribution in [0, 0.1) is 0 Å². The van der Waals surface area contributed by atoms with Crippen molar-refractivity contribution in [2.24, 2.45) is 0 Å². The van der Waals surface area contributed by atoms with E-state index < -0.39 is 0 Å². The van der Waals surface area contributed by atoms with E-state index in [9.17, 15) is 0 Å². The molecule has 0 saturated heterocycles. The molecular weight excluding hydrogens is 1620 g/mol. The van der Waals surface area contributed by atoms with Crippen LogP contribution in [0.2, 0.25) is 0 Å². The first-order valence-corrected chi connectivity index (χ1v) is 45.8. The second-order valence-electron chi connectivity index (χ2n) is 32.2. The second kappa shape index (κ2) is 34.1. The van der Waals surface area contributed by atoms with Crippen LogP contribution in [0.25, 0.3) is 239 Å². The SMILES string of the molecule is c1ccc(-c2cc(-c3ccccc3)cc(-c3cccc(-c4cccc(-c5nc(-c6ccccc6)c6ccc7sc8ccccc8c7c6n5)c4)c3)c2)cc1.c1ccc(-c2ccc(-c3nc(-c4ccccc4)nc4c3ccc3sc5ccccc5c34)cc2)cc1.c1ccc(-c2cccc(-c3ccc(-c4nc(-c5ccccc5)c5ccc6sc7ccccc7c6c5n4)cc3)c2)cc1. The van der Waals surface area contributed by atoms with Crippen LogP contribution in [0.3, 0.4) is 0 Å². The maximum absolute atomic E-state index is 5.35. The third kappa shape index (κ3) is 15.2. The molecule has 0 spiro atoms. The second-order valence-corrected chi connectivity index (χ2v) is 35.5. The maximum atomic E-state index is 5.35. The first kappa shape index (κ1) is 77.6. The van der Waals surface area contributed by atoms with Crippen LogP contribution in [-0.4, -0.2) is 29.9 Å². The summed E-state index contributed by atoms with van der Waals surface area (Å²) in [5, 5.41) is 10.6. The molecule has 0 bridgehead atoms. The van der Waals surface area contributed by atoms with Gasteiger partial charge in [0.1, 0.15) is 0 Å². The van der Waals surface area contributed by atoms with Gasteiger partial charge in [0.25, 0.3) is 0 Å². The van der Waals surface area contributed by atoms with E-state index >= 15 is 0 Å². The minimum absolute atomic E-state index is 0.722. The number of fused-ring (bicyclic) bond motifs is 15. The van der Waals surface area contributed by atoms with Crippen molar-refractivity contribution in [3.8, 4) is 146 Å². The Morgan fingerprint density at radius 3 is 0.698 bits per heavy atom. The molecule has 19 aromatic carbocycles. The Morgan fingerprint density at radius 1 is 0.124 bits per heavy atom. The molecule has 9 heteroatoms. The van der Waals surface area contributed by atoms with Gasteiger partial charge >= 0.3 is 0 Å². The molecule has 0 aliphatic rings. The van der Waals surface area contributed by atoms with Crippen molar-refractivity contribution < 1.29 is 0 Å². The quantitative estimate of drug-likeness (QED) is 0.114. The fourth-order valence-corrected chi connectivity index (χ4v) is 21.2. The van der Waals surface area contributed by atoms with Crippen molar-refractivity contribution in [1.82, 2.24) is 29.9 Å². The number of thiophene rings is 3. The molecule has 0 aliphatic heterocycles. The first-order chi connectivity index (χ1) is 63.9. The summed E-state index contributed by atoms with van der Waals surface area (Å²) < 4.78 is 7.56. The standard InChI is InChI=1S/C50H32N2S.C38H24N2S.C32H20N2S/c1-4-14-33(15-5-1)40-30-41(34-16-6-2-7-17-34)32-42(31-40)38-22-12-20-36(28-38)37-21-13-23-39(29-37)50-51-48(35-18-8-3-9-19-35)44-26-27-46-47(49(44)52-50)43-24-10-11-25-45(43)53-46;1-3-10-25(11-4-1)29-14-9-15-30(24-29)26-18-20-28(21-19-26)38-39-36(27-12-5-2-6-13-27)32-22-23-34-35(37(32)40-38)31-16-7-8-17-33(31)41-34;1-3-9-21(10-4-1)22-15-17-23(18-16-22)30-26-19-20-28-29(25-13-7-8-14-27(25)35-28)31(26)34-32(33-30)24-11-5-2-6-12-24/h1-32H;1-24H;1-20H. The van der Waals surface area contributed by atoms with E-state index in [2.05, 4.69) is 431 Å². The molecule has 0 unspecified atom stereocenters. The smallest absolute Gasteiger partial charge is 0.160 e. The Balaban J connectivity index is 0.000000113. The number of rotatable bonds is 13. The van der Waals surface area contributed by atoms with Crippen molar-refractivity contribution in [3.05, 3.63) is 461 Å². The lowest BCUT2D eigenvalue weighted by Crippen LogP contribution is -1.96. The highest BCUT2D eigenvalue weighted by Crippen LogP contribution is 2.47. The summed E-state index contributed by atoms with van der Waals surface area (Å²) in [5.41, 5.74) is 28.8. The molecule has 604 valence electrons. The summed E-state index contributed by atoms with van der Waals surface area (Å²) in [7, 11) is 0. The number of aromatic nitrogens is 6. The van der Waals surface area contributed by atoms with E-state index in [1.807, 2.05) is 64.3 Å². The summed E-state index contributed by atoms with van der Waals surface area (Å²) >= 11 is 5.46. The summed E-state index contributed by atoms with van der Waals surface area (Å²) in [4.78, 5) is 31.3. The minimum atomic E-state index is 0.722. The van der Waals surface area contributed by atoms with E-state index in [1.165, 1.54) is 127 Å². The average molecular weight is 1700 g/mol. The maximum Gasteiger partial charge on any atom is 0.160 e. The van der Waals surface area contributed by atoms with Crippen molar-refractivity contribution in [3.63, 3.8) is 0 Å². The summed E-state index contributed by atoms with van der Waals surface area (Å²) in [5.74, 6) is 2.21. The van der Waals surface area contributed by atoms with Crippen LogP contribution in [0.5, 0.6) is 0 Å². The topological polar surface area (TPSA) is 77.3 Å². The van der Waals surface area contributed by atoms with Gasteiger partial charge in [-0.3, -0.25) is 0 Å². The Morgan fingerprint density at radius 2 is 0.333 bits per heavy atom. The highest BCUT2D eigenvalue weighted by atomic mass is 32.1. The van der Waals surface area contributed by atoms with Crippen LogP contribution >= 0.6 is 34.0 Å². The van der Waals surface area contributed by atoms with Crippen molar-refractivity contribution in [2.75, 3.05) is 0 Å². The largest absolute Gasteiger partial charge is 0.227 e. The third-order valence-corrected chi connectivity index (χ3v) is 27.7. The summed E-state index contributed by atoms with van der Waals surface area (Å²) in [6, 6.07) is 163. The van der Waals surface area contributed by atoms with Gasteiger partial charge in [-0.1, -0.05) is 370 Å². The highest BCUT2D eigenvalue weighted by molar-refractivity contribution is 7.26. The number of benzene rings is 19. The molecule has 6 nitrogen and oxygen atoms in total. The summed E-state index contributed by atoms with van der Waals surface area (Å²) in [6.07, 6.45) is 0. The van der Waals surface area contributed by atoms with Crippen LogP contribution in [0.15, 0.2) is 461 Å². The molecule has 25 rings (SSSR count). The molecule has 0 aliphatic carbocycles. The van der Waals surface area contributed by atoms with Crippen molar-refractivity contribution in [1.29, 1.82) is 0 Å². The number of hydrogen-bond acceptors (Lipinski definition) is 9. The predicted molar refractivity (Wildman–Crippen MR) is 548 cm³/mol. The molecule has 6 aromatic heterocycles. The van der Waals surface area contributed by atoms with Gasteiger partial charge in [-0.25, -0.2) is 29.9 Å². The van der Waals surface area contributed by atoms with Gasteiger partial charge in [-0.15, -0.1) is 34.0 Å². The summed E-state index contributed by atoms with van der Waals surface area (Å²) in [6.45, 7) is 0. The molecule has 0 radical (unpaired) electrons. The molecule has 129 heavy (non-hydrogen) atoms. The lowest BCUT2D eigenvalue weighted by atomic mass is 9.92. The van der Waals surface area contributed by atoms with Gasteiger partial charge in [-0.2, -0.15) is 0 Å². The monoisotopic (exact) mass is 1700 g/mol. The van der Waals surface area contributed by atoms with Crippen LogP contribution < -0.4 is 0 Å². The van der Waals surface area contributed by atoms with E-state index in [4.69, 9.17) is 29.9 Å². The molecular formula is C120H76N6S3. The van der Waals surface area contributed by atoms with Gasteiger partial charge in [0.2, 0.25) is 0 Å². The van der Waals surface area contributed by atoms with E-state index in [-0.39, 0.29) is 0 Å². The highest BCUT2D eigenvalue weighted by Gasteiger charge is 2.23.